The summed E-state index contributed by atoms with van der Waals surface area (Å²) in [6.45, 7) is -0.0352. The molecule has 8 heteroatoms. The van der Waals surface area contributed by atoms with Crippen LogP contribution in [0.5, 0.6) is 0 Å². The van der Waals surface area contributed by atoms with Crippen LogP contribution in [0.2, 0.25) is 0 Å². The zero-order valence-electron chi connectivity index (χ0n) is 9.08. The Balaban J connectivity index is 2.30. The van der Waals surface area contributed by atoms with Crippen LogP contribution in [0, 0.1) is 11.3 Å². The summed E-state index contributed by atoms with van der Waals surface area (Å²) in [6, 6.07) is 4.86. The molecule has 1 aliphatic rings. The zero-order valence-corrected chi connectivity index (χ0v) is 10.6. The van der Waals surface area contributed by atoms with Crippen molar-refractivity contribution in [2.24, 2.45) is 0 Å². The first-order chi connectivity index (χ1) is 8.41. The Labute approximate surface area is 108 Å². The van der Waals surface area contributed by atoms with E-state index < -0.39 is 14.3 Å². The molecule has 0 saturated carbocycles. The molecule has 2 heterocycles. The lowest BCUT2D eigenvalue weighted by Crippen LogP contribution is -2.27. The van der Waals surface area contributed by atoms with Gasteiger partial charge in [0.2, 0.25) is 15.0 Å². The maximum atomic E-state index is 11.7. The second kappa shape index (κ2) is 4.55. The van der Waals surface area contributed by atoms with Crippen molar-refractivity contribution in [2.45, 2.75) is 11.7 Å². The van der Waals surface area contributed by atoms with E-state index in [4.69, 9.17) is 15.9 Å². The van der Waals surface area contributed by atoms with E-state index in [1.54, 1.807) is 0 Å². The molecule has 2 rings (SSSR count). The van der Waals surface area contributed by atoms with Gasteiger partial charge in [0.05, 0.1) is 11.6 Å². The Hall–Kier alpha value is -1.65. The van der Waals surface area contributed by atoms with Crippen molar-refractivity contribution in [1.82, 2.24) is 4.98 Å². The maximum Gasteiger partial charge on any atom is 0.237 e. The number of halogens is 1. The van der Waals surface area contributed by atoms with Crippen LogP contribution in [0.1, 0.15) is 12.0 Å². The summed E-state index contributed by atoms with van der Waals surface area (Å²) < 4.78 is 22.4. The minimum absolute atomic E-state index is 0.0352. The molecular formula is C10H8ClN3O3S. The van der Waals surface area contributed by atoms with Crippen LogP contribution in [0.15, 0.2) is 18.3 Å². The van der Waals surface area contributed by atoms with Gasteiger partial charge in [0, 0.05) is 29.8 Å². The van der Waals surface area contributed by atoms with Gasteiger partial charge in [-0.2, -0.15) is 5.26 Å². The number of carbonyl (C=O) groups is 1. The molecule has 94 valence electrons. The number of anilines is 1. The molecule has 1 aromatic rings. The number of amides is 1. The van der Waals surface area contributed by atoms with Gasteiger partial charge in [0.15, 0.2) is 0 Å². The van der Waals surface area contributed by atoms with Gasteiger partial charge < -0.3 is 0 Å². The molecule has 0 aromatic carbocycles. The fourth-order valence-corrected chi connectivity index (χ4v) is 2.75. The quantitative estimate of drug-likeness (QED) is 0.743. The maximum absolute atomic E-state index is 11.7. The van der Waals surface area contributed by atoms with Crippen molar-refractivity contribution in [3.63, 3.8) is 0 Å². The van der Waals surface area contributed by atoms with Crippen LogP contribution in [0.3, 0.4) is 0 Å². The van der Waals surface area contributed by atoms with Gasteiger partial charge in [-0.1, -0.05) is 0 Å². The van der Waals surface area contributed by atoms with Crippen molar-refractivity contribution >= 4 is 31.5 Å². The van der Waals surface area contributed by atoms with E-state index in [1.165, 1.54) is 23.2 Å². The van der Waals surface area contributed by atoms with E-state index in [2.05, 4.69) is 4.98 Å². The van der Waals surface area contributed by atoms with Crippen LogP contribution >= 0.6 is 10.7 Å². The van der Waals surface area contributed by atoms with E-state index in [-0.39, 0.29) is 24.7 Å². The van der Waals surface area contributed by atoms with Crippen LogP contribution in [0.25, 0.3) is 0 Å². The van der Waals surface area contributed by atoms with E-state index in [0.29, 0.717) is 5.56 Å². The van der Waals surface area contributed by atoms with Gasteiger partial charge in [0.25, 0.3) is 0 Å². The zero-order chi connectivity index (χ0) is 13.3. The fourth-order valence-electron chi connectivity index (χ4n) is 1.72. The standard InChI is InChI=1S/C10H8ClN3O3S/c11-18(16,17)8-4-10(15)14(6-8)9-3-7(5-12)1-2-13-9/h1-3,8H,4,6H2. The van der Waals surface area contributed by atoms with E-state index in [9.17, 15) is 13.2 Å². The summed E-state index contributed by atoms with van der Waals surface area (Å²) >= 11 is 0. The van der Waals surface area contributed by atoms with Crippen molar-refractivity contribution in [3.8, 4) is 6.07 Å². The van der Waals surface area contributed by atoms with Crippen molar-refractivity contribution in [1.29, 1.82) is 5.26 Å². The molecule has 0 aliphatic carbocycles. The highest BCUT2D eigenvalue weighted by Gasteiger charge is 2.38. The minimum atomic E-state index is -3.78. The SMILES string of the molecule is N#Cc1ccnc(N2CC(S(=O)(=O)Cl)CC2=O)c1. The molecule has 18 heavy (non-hydrogen) atoms. The number of rotatable bonds is 2. The smallest absolute Gasteiger partial charge is 0.237 e. The summed E-state index contributed by atoms with van der Waals surface area (Å²) in [4.78, 5) is 16.9. The van der Waals surface area contributed by atoms with Gasteiger partial charge in [-0.25, -0.2) is 13.4 Å². The van der Waals surface area contributed by atoms with Gasteiger partial charge >= 0.3 is 0 Å². The molecule has 1 aromatic heterocycles. The molecule has 0 bridgehead atoms. The van der Waals surface area contributed by atoms with Crippen molar-refractivity contribution in [3.05, 3.63) is 23.9 Å². The average molecular weight is 286 g/mol. The topological polar surface area (TPSA) is 91.1 Å². The largest absolute Gasteiger partial charge is 0.295 e. The molecule has 6 nitrogen and oxygen atoms in total. The van der Waals surface area contributed by atoms with E-state index in [0.717, 1.165) is 0 Å². The monoisotopic (exact) mass is 285 g/mol. The normalized spacial score (nSPS) is 19.9. The molecule has 1 saturated heterocycles. The first-order valence-corrected chi connectivity index (χ1v) is 7.39. The predicted octanol–water partition coefficient (Wildman–Crippen LogP) is 0.627. The molecule has 1 fully saturated rings. The van der Waals surface area contributed by atoms with Crippen LogP contribution in [-0.2, 0) is 13.8 Å². The molecule has 0 N–H and O–H groups in total. The van der Waals surface area contributed by atoms with Gasteiger partial charge in [-0.3, -0.25) is 9.69 Å². The summed E-state index contributed by atoms with van der Waals surface area (Å²) in [5.41, 5.74) is 0.352. The number of carbonyl (C=O) groups excluding carboxylic acids is 1. The molecule has 0 radical (unpaired) electrons. The summed E-state index contributed by atoms with van der Waals surface area (Å²) in [5, 5.41) is 7.82. The van der Waals surface area contributed by atoms with Crippen LogP contribution < -0.4 is 4.90 Å². The third-order valence-corrected chi connectivity index (χ3v) is 4.51. The molecule has 1 amide bonds. The Morgan fingerprint density at radius 1 is 1.56 bits per heavy atom. The molecule has 1 atom stereocenters. The Morgan fingerprint density at radius 2 is 2.28 bits per heavy atom. The second-order valence-electron chi connectivity index (χ2n) is 3.82. The Morgan fingerprint density at radius 3 is 2.83 bits per heavy atom. The Bertz CT molecular complexity index is 638. The Kier molecular flexibility index (Phi) is 3.24. The average Bonchev–Trinajstić information content (AvgIpc) is 2.71. The first-order valence-electron chi connectivity index (χ1n) is 5.02. The van der Waals surface area contributed by atoms with Gasteiger partial charge in [0.1, 0.15) is 11.1 Å². The predicted molar refractivity (Wildman–Crippen MR) is 64.5 cm³/mol. The second-order valence-corrected chi connectivity index (χ2v) is 6.73. The number of nitrogens with zero attached hydrogens (tertiary/aromatic N) is 3. The lowest BCUT2D eigenvalue weighted by atomic mass is 10.3. The number of hydrogen-bond acceptors (Lipinski definition) is 5. The van der Waals surface area contributed by atoms with Crippen LogP contribution in [-0.4, -0.2) is 31.1 Å². The molecule has 0 spiro atoms. The summed E-state index contributed by atoms with van der Waals surface area (Å²) in [6.07, 6.45) is 1.23. The lowest BCUT2D eigenvalue weighted by molar-refractivity contribution is -0.117. The van der Waals surface area contributed by atoms with E-state index >= 15 is 0 Å². The van der Waals surface area contributed by atoms with Gasteiger partial charge in [-0.15, -0.1) is 0 Å². The lowest BCUT2D eigenvalue weighted by Gasteiger charge is -2.14. The first kappa shape index (κ1) is 12.8. The third kappa shape index (κ3) is 2.44. The highest BCUT2D eigenvalue weighted by Crippen LogP contribution is 2.25. The number of hydrogen-bond donors (Lipinski definition) is 0. The molecule has 1 aliphatic heterocycles. The number of nitriles is 1. The van der Waals surface area contributed by atoms with Crippen molar-refractivity contribution < 1.29 is 13.2 Å². The highest BCUT2D eigenvalue weighted by atomic mass is 35.7. The fraction of sp³-hybridized carbons (Fsp3) is 0.300. The summed E-state index contributed by atoms with van der Waals surface area (Å²) in [7, 11) is 1.46. The summed E-state index contributed by atoms with van der Waals surface area (Å²) in [5.74, 6) is -0.103. The molecular weight excluding hydrogens is 278 g/mol. The van der Waals surface area contributed by atoms with E-state index in [1.807, 2.05) is 6.07 Å². The van der Waals surface area contributed by atoms with Gasteiger partial charge in [-0.05, 0) is 12.1 Å². The minimum Gasteiger partial charge on any atom is -0.295 e. The molecule has 1 unspecified atom stereocenters. The third-order valence-electron chi connectivity index (χ3n) is 2.64. The van der Waals surface area contributed by atoms with Crippen molar-refractivity contribution in [2.75, 3.05) is 11.4 Å². The number of pyridine rings is 1. The van der Waals surface area contributed by atoms with Crippen LogP contribution in [0.4, 0.5) is 5.82 Å². The highest BCUT2D eigenvalue weighted by molar-refractivity contribution is 8.14. The number of aromatic nitrogens is 1.